The molecule has 1 atom stereocenters. The molecule has 0 aromatic heterocycles. The van der Waals surface area contributed by atoms with Gasteiger partial charge in [-0.1, -0.05) is 12.1 Å². The summed E-state index contributed by atoms with van der Waals surface area (Å²) in [4.78, 5) is 47.6. The van der Waals surface area contributed by atoms with E-state index >= 15 is 0 Å². The van der Waals surface area contributed by atoms with Crippen molar-refractivity contribution in [2.45, 2.75) is 46.4 Å². The topological polar surface area (TPSA) is 114 Å². The average Bonchev–Trinajstić information content (AvgIpc) is 2.71. The highest BCUT2D eigenvalue weighted by Gasteiger charge is 2.20. The fourth-order valence-corrected chi connectivity index (χ4v) is 2.69. The van der Waals surface area contributed by atoms with Crippen LogP contribution in [0.1, 0.15) is 54.0 Å². The van der Waals surface area contributed by atoms with Crippen LogP contribution in [0.4, 0.5) is 10.5 Å². The van der Waals surface area contributed by atoms with Crippen molar-refractivity contribution in [3.8, 4) is 0 Å². The van der Waals surface area contributed by atoms with E-state index in [9.17, 15) is 19.2 Å². The molecular weight excluding hydrogens is 398 g/mol. The first-order valence-electron chi connectivity index (χ1n) is 9.92. The SMILES string of the molecule is CC(=O)Nc1ccc(C(=O)[C@H](C)OC(=O)c2ccc(CNC(=O)NC(C)C)cc2)cc1. The van der Waals surface area contributed by atoms with Gasteiger partial charge in [0.15, 0.2) is 6.10 Å². The molecule has 0 aliphatic rings. The van der Waals surface area contributed by atoms with Crippen LogP contribution in [-0.4, -0.2) is 35.8 Å². The number of amides is 3. The van der Waals surface area contributed by atoms with Crippen molar-refractivity contribution in [1.29, 1.82) is 0 Å². The summed E-state index contributed by atoms with van der Waals surface area (Å²) < 4.78 is 5.29. The van der Waals surface area contributed by atoms with E-state index in [1.54, 1.807) is 48.5 Å². The first-order valence-corrected chi connectivity index (χ1v) is 9.92. The fourth-order valence-electron chi connectivity index (χ4n) is 2.69. The number of carbonyl (C=O) groups is 4. The van der Waals surface area contributed by atoms with Crippen LogP contribution in [0.15, 0.2) is 48.5 Å². The number of carbonyl (C=O) groups excluding carboxylic acids is 4. The van der Waals surface area contributed by atoms with Gasteiger partial charge in [0.05, 0.1) is 5.56 Å². The van der Waals surface area contributed by atoms with Crippen LogP contribution >= 0.6 is 0 Å². The summed E-state index contributed by atoms with van der Waals surface area (Å²) in [6.45, 7) is 6.96. The van der Waals surface area contributed by atoms with Crippen molar-refractivity contribution in [3.63, 3.8) is 0 Å². The highest BCUT2D eigenvalue weighted by atomic mass is 16.5. The van der Waals surface area contributed by atoms with E-state index < -0.39 is 12.1 Å². The summed E-state index contributed by atoms with van der Waals surface area (Å²) in [5.74, 6) is -1.17. The molecule has 0 fully saturated rings. The van der Waals surface area contributed by atoms with Gasteiger partial charge in [-0.15, -0.1) is 0 Å². The Morgan fingerprint density at radius 2 is 1.45 bits per heavy atom. The molecule has 0 aliphatic heterocycles. The molecule has 2 aromatic carbocycles. The molecule has 0 unspecified atom stereocenters. The number of Topliss-reactive ketones (excluding diaryl/α,β-unsaturated/α-hetero) is 1. The molecule has 2 rings (SSSR count). The molecule has 8 nitrogen and oxygen atoms in total. The Balaban J connectivity index is 1.91. The molecule has 31 heavy (non-hydrogen) atoms. The molecule has 164 valence electrons. The number of rotatable bonds is 8. The van der Waals surface area contributed by atoms with E-state index in [0.717, 1.165) is 5.56 Å². The van der Waals surface area contributed by atoms with Crippen LogP contribution in [0.2, 0.25) is 0 Å². The third-order valence-corrected chi connectivity index (χ3v) is 4.21. The quantitative estimate of drug-likeness (QED) is 0.444. The standard InChI is InChI=1S/C23H27N3O5/c1-14(2)25-23(30)24-13-17-5-7-19(8-6-17)22(29)31-15(3)21(28)18-9-11-20(12-10-18)26-16(4)27/h5-12,14-15H,13H2,1-4H3,(H,26,27)(H2,24,25,30)/t15-/m0/s1. The van der Waals surface area contributed by atoms with E-state index in [2.05, 4.69) is 16.0 Å². The van der Waals surface area contributed by atoms with E-state index in [0.29, 0.717) is 23.4 Å². The van der Waals surface area contributed by atoms with Crippen molar-refractivity contribution >= 4 is 29.4 Å². The minimum absolute atomic E-state index is 0.0389. The zero-order valence-corrected chi connectivity index (χ0v) is 18.0. The van der Waals surface area contributed by atoms with Crippen molar-refractivity contribution < 1.29 is 23.9 Å². The normalized spacial score (nSPS) is 11.4. The van der Waals surface area contributed by atoms with Gasteiger partial charge in [0.2, 0.25) is 11.7 Å². The Morgan fingerprint density at radius 3 is 2.00 bits per heavy atom. The maximum absolute atomic E-state index is 12.5. The van der Waals surface area contributed by atoms with E-state index in [-0.39, 0.29) is 23.8 Å². The van der Waals surface area contributed by atoms with Gasteiger partial charge >= 0.3 is 12.0 Å². The summed E-state index contributed by atoms with van der Waals surface area (Å²) in [7, 11) is 0. The molecule has 0 saturated heterocycles. The molecule has 0 bridgehead atoms. The summed E-state index contributed by atoms with van der Waals surface area (Å²) in [6.07, 6.45) is -0.972. The van der Waals surface area contributed by atoms with E-state index in [1.807, 2.05) is 13.8 Å². The molecule has 0 heterocycles. The second-order valence-electron chi connectivity index (χ2n) is 7.35. The summed E-state index contributed by atoms with van der Waals surface area (Å²) in [6, 6.07) is 12.7. The second kappa shape index (κ2) is 10.9. The number of nitrogens with one attached hydrogen (secondary N) is 3. The van der Waals surface area contributed by atoms with Gasteiger partial charge in [-0.3, -0.25) is 9.59 Å². The fraction of sp³-hybridized carbons (Fsp3) is 0.304. The number of anilines is 1. The minimum Gasteiger partial charge on any atom is -0.451 e. The van der Waals surface area contributed by atoms with Crippen molar-refractivity contribution in [2.24, 2.45) is 0 Å². The lowest BCUT2D eigenvalue weighted by molar-refractivity contribution is -0.114. The molecule has 0 saturated carbocycles. The summed E-state index contributed by atoms with van der Waals surface area (Å²) >= 11 is 0. The van der Waals surface area contributed by atoms with Crippen molar-refractivity contribution in [3.05, 3.63) is 65.2 Å². The minimum atomic E-state index is -0.972. The van der Waals surface area contributed by atoms with Crippen LogP contribution in [0.5, 0.6) is 0 Å². The highest BCUT2D eigenvalue weighted by Crippen LogP contribution is 2.14. The van der Waals surface area contributed by atoms with E-state index in [4.69, 9.17) is 4.74 Å². The number of ketones is 1. The first kappa shape index (κ1) is 23.6. The van der Waals surface area contributed by atoms with Gasteiger partial charge in [-0.25, -0.2) is 9.59 Å². The van der Waals surface area contributed by atoms with E-state index in [1.165, 1.54) is 13.8 Å². The third kappa shape index (κ3) is 7.58. The molecule has 0 radical (unpaired) electrons. The van der Waals surface area contributed by atoms with Crippen LogP contribution < -0.4 is 16.0 Å². The van der Waals surface area contributed by atoms with Crippen molar-refractivity contribution in [1.82, 2.24) is 10.6 Å². The number of hydrogen-bond acceptors (Lipinski definition) is 5. The number of hydrogen-bond donors (Lipinski definition) is 3. The zero-order valence-electron chi connectivity index (χ0n) is 18.0. The lowest BCUT2D eigenvalue weighted by Crippen LogP contribution is -2.39. The van der Waals surface area contributed by atoms with Crippen LogP contribution in [0.25, 0.3) is 0 Å². The Labute approximate surface area is 181 Å². The average molecular weight is 425 g/mol. The van der Waals surface area contributed by atoms with Gasteiger partial charge in [0.25, 0.3) is 0 Å². The molecule has 0 spiro atoms. The lowest BCUT2D eigenvalue weighted by Gasteiger charge is -2.13. The van der Waals surface area contributed by atoms with Crippen molar-refractivity contribution in [2.75, 3.05) is 5.32 Å². The Morgan fingerprint density at radius 1 is 0.871 bits per heavy atom. The van der Waals surface area contributed by atoms with Crippen LogP contribution in [0, 0.1) is 0 Å². The van der Waals surface area contributed by atoms with Crippen LogP contribution in [0.3, 0.4) is 0 Å². The molecule has 8 heteroatoms. The Bertz CT molecular complexity index is 937. The molecule has 3 amide bonds. The largest absolute Gasteiger partial charge is 0.451 e. The zero-order chi connectivity index (χ0) is 23.0. The maximum Gasteiger partial charge on any atom is 0.338 e. The Kier molecular flexibility index (Phi) is 8.31. The first-order chi connectivity index (χ1) is 14.7. The predicted octanol–water partition coefficient (Wildman–Crippen LogP) is 3.28. The Hall–Kier alpha value is -3.68. The van der Waals surface area contributed by atoms with Gasteiger partial charge in [0.1, 0.15) is 0 Å². The molecule has 0 aliphatic carbocycles. The molecule has 3 N–H and O–H groups in total. The highest BCUT2D eigenvalue weighted by molar-refractivity contribution is 6.02. The van der Waals surface area contributed by atoms with Gasteiger partial charge in [0, 0.05) is 30.8 Å². The molecular formula is C23H27N3O5. The monoisotopic (exact) mass is 425 g/mol. The predicted molar refractivity (Wildman–Crippen MR) is 117 cm³/mol. The number of ether oxygens (including phenoxy) is 1. The molecule has 2 aromatic rings. The summed E-state index contributed by atoms with van der Waals surface area (Å²) in [5, 5.41) is 8.07. The lowest BCUT2D eigenvalue weighted by atomic mass is 10.1. The van der Waals surface area contributed by atoms with Gasteiger partial charge in [-0.05, 0) is 62.7 Å². The third-order valence-electron chi connectivity index (χ3n) is 4.21. The maximum atomic E-state index is 12.5. The second-order valence-corrected chi connectivity index (χ2v) is 7.35. The van der Waals surface area contributed by atoms with Crippen LogP contribution in [-0.2, 0) is 16.1 Å². The summed E-state index contributed by atoms with van der Waals surface area (Å²) in [5.41, 5.74) is 2.07. The number of benzene rings is 2. The number of esters is 1. The smallest absolute Gasteiger partial charge is 0.338 e. The van der Waals surface area contributed by atoms with Gasteiger partial charge < -0.3 is 20.7 Å². The number of urea groups is 1. The van der Waals surface area contributed by atoms with Gasteiger partial charge in [-0.2, -0.15) is 0 Å².